The van der Waals surface area contributed by atoms with Crippen molar-refractivity contribution < 1.29 is 17.6 Å². The number of hydrogen-bond donors (Lipinski definition) is 0. The van der Waals surface area contributed by atoms with Crippen molar-refractivity contribution in [1.29, 1.82) is 0 Å². The summed E-state index contributed by atoms with van der Waals surface area (Å²) in [5, 5.41) is 0. The zero-order valence-electron chi connectivity index (χ0n) is 16.9. The molecule has 0 saturated heterocycles. The van der Waals surface area contributed by atoms with Gasteiger partial charge in [-0.2, -0.15) is 13.2 Å². The first-order chi connectivity index (χ1) is 13.4. The van der Waals surface area contributed by atoms with Crippen molar-refractivity contribution in [2.75, 3.05) is 0 Å². The van der Waals surface area contributed by atoms with Crippen LogP contribution >= 0.6 is 0 Å². The largest absolute Gasteiger partial charge is 0.416 e. The van der Waals surface area contributed by atoms with Gasteiger partial charge in [-0.25, -0.2) is 4.39 Å². The van der Waals surface area contributed by atoms with E-state index in [1.54, 1.807) is 0 Å². The van der Waals surface area contributed by atoms with Crippen molar-refractivity contribution in [1.82, 2.24) is 0 Å². The minimum atomic E-state index is -4.48. The Morgan fingerprint density at radius 1 is 0.821 bits per heavy atom. The molecule has 1 aromatic rings. The molecule has 0 N–H and O–H groups in total. The van der Waals surface area contributed by atoms with Crippen molar-refractivity contribution in [2.24, 2.45) is 17.8 Å². The van der Waals surface area contributed by atoms with Crippen LogP contribution in [0.5, 0.6) is 0 Å². The van der Waals surface area contributed by atoms with E-state index in [1.165, 1.54) is 76.7 Å². The molecule has 0 aliphatic heterocycles. The molecule has 1 aromatic carbocycles. The Morgan fingerprint density at radius 3 is 1.89 bits per heavy atom. The highest BCUT2D eigenvalue weighted by atomic mass is 19.4. The van der Waals surface area contributed by atoms with E-state index in [1.807, 2.05) is 0 Å². The van der Waals surface area contributed by atoms with Crippen LogP contribution in [0.2, 0.25) is 0 Å². The lowest BCUT2D eigenvalue weighted by molar-refractivity contribution is -0.137. The third-order valence-corrected chi connectivity index (χ3v) is 7.12. The van der Waals surface area contributed by atoms with E-state index in [2.05, 4.69) is 0 Å². The van der Waals surface area contributed by atoms with Crippen LogP contribution in [0.15, 0.2) is 18.2 Å². The van der Waals surface area contributed by atoms with E-state index >= 15 is 0 Å². The molecule has 0 spiro atoms. The Hall–Kier alpha value is -1.06. The van der Waals surface area contributed by atoms with Crippen LogP contribution in [0, 0.1) is 23.6 Å². The van der Waals surface area contributed by atoms with Crippen molar-refractivity contribution in [3.8, 4) is 0 Å². The molecular formula is C24H34F4. The molecule has 0 unspecified atom stereocenters. The van der Waals surface area contributed by atoms with Crippen molar-refractivity contribution in [3.63, 3.8) is 0 Å². The highest BCUT2D eigenvalue weighted by Gasteiger charge is 2.32. The Morgan fingerprint density at radius 2 is 1.39 bits per heavy atom. The van der Waals surface area contributed by atoms with Crippen LogP contribution in [0.25, 0.3) is 0 Å². The molecule has 3 rings (SSSR count). The quantitative estimate of drug-likeness (QED) is 0.320. The number of rotatable bonds is 7. The van der Waals surface area contributed by atoms with E-state index < -0.39 is 17.6 Å². The van der Waals surface area contributed by atoms with Gasteiger partial charge in [0.2, 0.25) is 0 Å². The predicted octanol–water partition coefficient (Wildman–Crippen LogP) is 8.33. The van der Waals surface area contributed by atoms with E-state index in [9.17, 15) is 17.6 Å². The number of benzene rings is 1. The molecule has 0 nitrogen and oxygen atoms in total. The molecule has 4 heteroatoms. The Bertz CT molecular complexity index is 577. The smallest absolute Gasteiger partial charge is 0.207 e. The van der Waals surface area contributed by atoms with E-state index in [-0.39, 0.29) is 0 Å². The summed E-state index contributed by atoms with van der Waals surface area (Å²) in [4.78, 5) is 0. The zero-order valence-corrected chi connectivity index (χ0v) is 16.9. The summed E-state index contributed by atoms with van der Waals surface area (Å²) in [5.74, 6) is 1.81. The van der Waals surface area contributed by atoms with Gasteiger partial charge in [0.15, 0.2) is 0 Å². The molecule has 2 saturated carbocycles. The van der Waals surface area contributed by atoms with Gasteiger partial charge in [0.25, 0.3) is 0 Å². The first kappa shape index (κ1) is 21.6. The number of aryl methyl sites for hydroxylation is 1. The molecule has 158 valence electrons. The standard InChI is InChI=1S/C24H34F4/c25-23-17-21(24(26,27)28)16-15-20(23)13-7-8-14-22(18-9-3-1-4-10-18)19-11-5-2-6-12-19/h15-19,22H,1-14H2. The molecule has 28 heavy (non-hydrogen) atoms. The predicted molar refractivity (Wildman–Crippen MR) is 106 cm³/mol. The van der Waals surface area contributed by atoms with Gasteiger partial charge >= 0.3 is 6.18 Å². The lowest BCUT2D eigenvalue weighted by atomic mass is 9.68. The summed E-state index contributed by atoms with van der Waals surface area (Å²) in [5.41, 5.74) is -0.483. The number of hydrogen-bond acceptors (Lipinski definition) is 0. The maximum absolute atomic E-state index is 14.0. The molecule has 2 fully saturated rings. The topological polar surface area (TPSA) is 0 Å². The number of alkyl halides is 3. The van der Waals surface area contributed by atoms with Gasteiger partial charge in [0.1, 0.15) is 5.82 Å². The lowest BCUT2D eigenvalue weighted by Crippen LogP contribution is -2.27. The van der Waals surface area contributed by atoms with Gasteiger partial charge in [0, 0.05) is 0 Å². The molecule has 2 aliphatic rings. The normalized spacial score (nSPS) is 20.0. The summed E-state index contributed by atoms with van der Waals surface area (Å²) < 4.78 is 52.1. The molecule has 0 bridgehead atoms. The summed E-state index contributed by atoms with van der Waals surface area (Å²) in [6.07, 6.45) is 12.9. The molecular weight excluding hydrogens is 364 g/mol. The first-order valence-electron chi connectivity index (χ1n) is 11.3. The van der Waals surface area contributed by atoms with Gasteiger partial charge in [-0.05, 0) is 54.7 Å². The Kier molecular flexibility index (Phi) is 7.82. The molecule has 0 amide bonds. The molecule has 2 aliphatic carbocycles. The van der Waals surface area contributed by atoms with Crippen LogP contribution in [-0.2, 0) is 12.6 Å². The second-order valence-corrected chi connectivity index (χ2v) is 9.01. The fraction of sp³-hybridized carbons (Fsp3) is 0.750. The van der Waals surface area contributed by atoms with Gasteiger partial charge in [0.05, 0.1) is 5.56 Å². The third-order valence-electron chi connectivity index (χ3n) is 7.12. The van der Waals surface area contributed by atoms with Crippen LogP contribution in [0.4, 0.5) is 17.6 Å². The number of unbranched alkanes of at least 4 members (excludes halogenated alkanes) is 1. The average molecular weight is 399 g/mol. The highest BCUT2D eigenvalue weighted by Crippen LogP contribution is 2.42. The highest BCUT2D eigenvalue weighted by molar-refractivity contribution is 5.26. The monoisotopic (exact) mass is 398 g/mol. The summed E-state index contributed by atoms with van der Waals surface area (Å²) in [6.45, 7) is 0. The first-order valence-corrected chi connectivity index (χ1v) is 11.3. The van der Waals surface area contributed by atoms with Crippen LogP contribution in [-0.4, -0.2) is 0 Å². The van der Waals surface area contributed by atoms with E-state index in [0.29, 0.717) is 18.1 Å². The molecule has 0 heterocycles. The minimum Gasteiger partial charge on any atom is -0.207 e. The molecule has 0 atom stereocenters. The van der Waals surface area contributed by atoms with Crippen LogP contribution in [0.3, 0.4) is 0 Å². The summed E-state index contributed by atoms with van der Waals surface area (Å²) in [7, 11) is 0. The van der Waals surface area contributed by atoms with Crippen LogP contribution < -0.4 is 0 Å². The van der Waals surface area contributed by atoms with E-state index in [4.69, 9.17) is 0 Å². The van der Waals surface area contributed by atoms with Crippen LogP contribution in [0.1, 0.15) is 94.6 Å². The fourth-order valence-electron chi connectivity index (χ4n) is 5.60. The summed E-state index contributed by atoms with van der Waals surface area (Å²) >= 11 is 0. The Balaban J connectivity index is 1.52. The van der Waals surface area contributed by atoms with Gasteiger partial charge in [-0.15, -0.1) is 0 Å². The fourth-order valence-corrected chi connectivity index (χ4v) is 5.60. The maximum atomic E-state index is 14.0. The molecule has 0 radical (unpaired) electrons. The second kappa shape index (κ2) is 10.1. The molecule has 0 aromatic heterocycles. The van der Waals surface area contributed by atoms with Gasteiger partial charge in [-0.3, -0.25) is 0 Å². The van der Waals surface area contributed by atoms with Crippen molar-refractivity contribution in [2.45, 2.75) is 96.1 Å². The van der Waals surface area contributed by atoms with Crippen molar-refractivity contribution in [3.05, 3.63) is 35.1 Å². The average Bonchev–Trinajstić information content (AvgIpc) is 2.69. The number of halogens is 4. The zero-order chi connectivity index (χ0) is 20.0. The lowest BCUT2D eigenvalue weighted by Gasteiger charge is -2.38. The van der Waals surface area contributed by atoms with Gasteiger partial charge < -0.3 is 0 Å². The maximum Gasteiger partial charge on any atom is 0.416 e. The van der Waals surface area contributed by atoms with Gasteiger partial charge in [-0.1, -0.05) is 76.7 Å². The second-order valence-electron chi connectivity index (χ2n) is 9.01. The third kappa shape index (κ3) is 5.97. The summed E-state index contributed by atoms with van der Waals surface area (Å²) in [6, 6.07) is 2.96. The SMILES string of the molecule is Fc1cc(C(F)(F)F)ccc1CCCCC(C1CCCCC1)C1CCCCC1. The Labute approximate surface area is 167 Å². The van der Waals surface area contributed by atoms with Crippen molar-refractivity contribution >= 4 is 0 Å². The van der Waals surface area contributed by atoms with E-state index in [0.717, 1.165) is 36.7 Å². The minimum absolute atomic E-state index is 0.417.